The summed E-state index contributed by atoms with van der Waals surface area (Å²) in [6.45, 7) is 0.828. The van der Waals surface area contributed by atoms with E-state index in [1.54, 1.807) is 0 Å². The van der Waals surface area contributed by atoms with Gasteiger partial charge in [0.15, 0.2) is 0 Å². The van der Waals surface area contributed by atoms with Crippen LogP contribution in [0.1, 0.15) is 77.0 Å². The van der Waals surface area contributed by atoms with Gasteiger partial charge in [0.1, 0.15) is 5.54 Å². The molecule has 0 bridgehead atoms. The minimum Gasteiger partial charge on any atom is -0.378 e. The third kappa shape index (κ3) is 5.32. The van der Waals surface area contributed by atoms with Gasteiger partial charge in [-0.15, -0.1) is 0 Å². The van der Waals surface area contributed by atoms with Crippen LogP contribution in [0.5, 0.6) is 0 Å². The van der Waals surface area contributed by atoms with Gasteiger partial charge in [0.25, 0.3) is 0 Å². The first kappa shape index (κ1) is 16.3. The van der Waals surface area contributed by atoms with Crippen LogP contribution in [0.4, 0.5) is 0 Å². The van der Waals surface area contributed by atoms with Crippen molar-refractivity contribution < 1.29 is 9.53 Å². The highest BCUT2D eigenvalue weighted by molar-refractivity contribution is 5.77. The van der Waals surface area contributed by atoms with Gasteiger partial charge in [-0.3, -0.25) is 4.79 Å². The lowest BCUT2D eigenvalue weighted by Gasteiger charge is -2.30. The zero-order valence-electron chi connectivity index (χ0n) is 13.0. The number of hydrogen-bond acceptors (Lipinski definition) is 3. The lowest BCUT2D eigenvalue weighted by atomic mass is 9.85. The lowest BCUT2D eigenvalue weighted by Crippen LogP contribution is -2.47. The van der Waals surface area contributed by atoms with Crippen LogP contribution in [0.25, 0.3) is 0 Å². The Morgan fingerprint density at radius 1 is 1.14 bits per heavy atom. The fourth-order valence-corrected chi connectivity index (χ4v) is 3.43. The third-order valence-electron chi connectivity index (χ3n) is 4.77. The molecule has 0 aromatic carbocycles. The van der Waals surface area contributed by atoms with Crippen LogP contribution in [0.3, 0.4) is 0 Å². The maximum Gasteiger partial charge on any atom is 0.221 e. The molecule has 1 aliphatic carbocycles. The van der Waals surface area contributed by atoms with E-state index >= 15 is 0 Å². The Bertz CT molecular complexity index is 361. The summed E-state index contributed by atoms with van der Waals surface area (Å²) in [6.07, 6.45) is 12.2. The number of nitriles is 1. The van der Waals surface area contributed by atoms with E-state index < -0.39 is 5.54 Å². The number of hydrogen-bond donors (Lipinski definition) is 1. The van der Waals surface area contributed by atoms with E-state index in [-0.39, 0.29) is 12.0 Å². The maximum absolute atomic E-state index is 12.2. The molecule has 2 rings (SSSR count). The molecule has 1 heterocycles. The smallest absolute Gasteiger partial charge is 0.221 e. The maximum atomic E-state index is 12.2. The van der Waals surface area contributed by atoms with Crippen LogP contribution in [-0.2, 0) is 9.53 Å². The van der Waals surface area contributed by atoms with E-state index in [1.807, 2.05) is 0 Å². The SMILES string of the molecule is N#CC1(NC(=O)CCC2CCCCO2)CCCCCCC1. The number of rotatable bonds is 4. The Morgan fingerprint density at radius 2 is 1.86 bits per heavy atom. The Hall–Kier alpha value is -1.08. The van der Waals surface area contributed by atoms with Crippen LogP contribution in [-0.4, -0.2) is 24.2 Å². The third-order valence-corrected chi connectivity index (χ3v) is 4.77. The molecule has 4 heteroatoms. The van der Waals surface area contributed by atoms with Gasteiger partial charge >= 0.3 is 0 Å². The minimum atomic E-state index is -0.620. The molecule has 4 nitrogen and oxygen atoms in total. The second-order valence-corrected chi connectivity index (χ2v) is 6.54. The highest BCUT2D eigenvalue weighted by atomic mass is 16.5. The standard InChI is InChI=1S/C17H28N2O2/c18-14-17(11-5-2-1-3-6-12-17)19-16(20)10-9-15-8-4-7-13-21-15/h15H,1-13H2,(H,19,20). The summed E-state index contributed by atoms with van der Waals surface area (Å²) in [6, 6.07) is 2.39. The highest BCUT2D eigenvalue weighted by Crippen LogP contribution is 2.26. The van der Waals surface area contributed by atoms with Crippen molar-refractivity contribution in [1.82, 2.24) is 5.32 Å². The van der Waals surface area contributed by atoms with Gasteiger partial charge in [-0.05, 0) is 38.5 Å². The predicted molar refractivity (Wildman–Crippen MR) is 81.6 cm³/mol. The number of amides is 1. The number of nitrogens with zero attached hydrogens (tertiary/aromatic N) is 1. The minimum absolute atomic E-state index is 0.0197. The fraction of sp³-hybridized carbons (Fsp3) is 0.882. The second-order valence-electron chi connectivity index (χ2n) is 6.54. The van der Waals surface area contributed by atoms with Gasteiger partial charge in [-0.25, -0.2) is 0 Å². The van der Waals surface area contributed by atoms with Crippen LogP contribution in [0, 0.1) is 11.3 Å². The molecule has 0 aromatic rings. The molecular formula is C17H28N2O2. The molecule has 1 atom stereocenters. The average molecular weight is 292 g/mol. The van der Waals surface area contributed by atoms with Crippen molar-refractivity contribution in [2.75, 3.05) is 6.61 Å². The first-order valence-electron chi connectivity index (χ1n) is 8.58. The van der Waals surface area contributed by atoms with Crippen molar-refractivity contribution in [2.24, 2.45) is 0 Å². The van der Waals surface area contributed by atoms with Crippen LogP contribution in [0.15, 0.2) is 0 Å². The Morgan fingerprint density at radius 3 is 2.48 bits per heavy atom. The molecule has 1 unspecified atom stereocenters. The molecule has 0 radical (unpaired) electrons. The zero-order chi connectivity index (χ0) is 15.0. The lowest BCUT2D eigenvalue weighted by molar-refractivity contribution is -0.123. The van der Waals surface area contributed by atoms with Crippen LogP contribution in [0.2, 0.25) is 0 Å². The normalized spacial score (nSPS) is 26.1. The van der Waals surface area contributed by atoms with E-state index in [4.69, 9.17) is 4.74 Å². The highest BCUT2D eigenvalue weighted by Gasteiger charge is 2.31. The molecular weight excluding hydrogens is 264 g/mol. The molecule has 1 N–H and O–H groups in total. The Kier molecular flexibility index (Phi) is 6.50. The van der Waals surface area contributed by atoms with E-state index in [2.05, 4.69) is 11.4 Å². The van der Waals surface area contributed by atoms with E-state index in [1.165, 1.54) is 25.7 Å². The zero-order valence-corrected chi connectivity index (χ0v) is 13.0. The monoisotopic (exact) mass is 292 g/mol. The molecule has 1 amide bonds. The van der Waals surface area contributed by atoms with Gasteiger partial charge in [0.05, 0.1) is 12.2 Å². The van der Waals surface area contributed by atoms with Gasteiger partial charge in [0, 0.05) is 13.0 Å². The molecule has 2 aliphatic rings. The fourth-order valence-electron chi connectivity index (χ4n) is 3.43. The van der Waals surface area contributed by atoms with Crippen molar-refractivity contribution in [2.45, 2.75) is 88.7 Å². The summed E-state index contributed by atoms with van der Waals surface area (Å²) >= 11 is 0. The number of nitrogens with one attached hydrogen (secondary N) is 1. The summed E-state index contributed by atoms with van der Waals surface area (Å²) < 4.78 is 5.66. The molecule has 0 aromatic heterocycles. The summed E-state index contributed by atoms with van der Waals surface area (Å²) in [5.41, 5.74) is -0.620. The largest absolute Gasteiger partial charge is 0.378 e. The van der Waals surface area contributed by atoms with Gasteiger partial charge in [-0.2, -0.15) is 5.26 Å². The second kappa shape index (κ2) is 8.38. The molecule has 1 saturated carbocycles. The first-order valence-corrected chi connectivity index (χ1v) is 8.58. The van der Waals surface area contributed by atoms with Gasteiger partial charge < -0.3 is 10.1 Å². The van der Waals surface area contributed by atoms with Gasteiger partial charge in [0.2, 0.25) is 5.91 Å². The van der Waals surface area contributed by atoms with Crippen molar-refractivity contribution in [3.8, 4) is 6.07 Å². The molecule has 1 saturated heterocycles. The molecule has 21 heavy (non-hydrogen) atoms. The summed E-state index contributed by atoms with van der Waals surface area (Å²) in [5.74, 6) is 0.0197. The summed E-state index contributed by atoms with van der Waals surface area (Å²) in [7, 11) is 0. The van der Waals surface area contributed by atoms with Crippen LogP contribution < -0.4 is 5.32 Å². The van der Waals surface area contributed by atoms with Crippen molar-refractivity contribution in [3.05, 3.63) is 0 Å². The molecule has 0 spiro atoms. The van der Waals surface area contributed by atoms with Crippen molar-refractivity contribution in [3.63, 3.8) is 0 Å². The number of carbonyl (C=O) groups is 1. The quantitative estimate of drug-likeness (QED) is 0.863. The Labute approximate surface area is 128 Å². The van der Waals surface area contributed by atoms with E-state index in [9.17, 15) is 10.1 Å². The van der Waals surface area contributed by atoms with Crippen molar-refractivity contribution >= 4 is 5.91 Å². The Balaban J connectivity index is 1.79. The predicted octanol–water partition coefficient (Wildman–Crippen LogP) is 3.46. The van der Waals surface area contributed by atoms with E-state index in [0.29, 0.717) is 6.42 Å². The topological polar surface area (TPSA) is 62.1 Å². The van der Waals surface area contributed by atoms with Crippen LogP contribution >= 0.6 is 0 Å². The van der Waals surface area contributed by atoms with Gasteiger partial charge in [-0.1, -0.05) is 32.1 Å². The van der Waals surface area contributed by atoms with Crippen molar-refractivity contribution in [1.29, 1.82) is 5.26 Å². The summed E-state index contributed by atoms with van der Waals surface area (Å²) in [4.78, 5) is 12.2. The first-order chi connectivity index (χ1) is 10.2. The number of carbonyl (C=O) groups excluding carboxylic acids is 1. The number of ether oxygens (including phenoxy) is 1. The molecule has 118 valence electrons. The molecule has 2 fully saturated rings. The van der Waals surface area contributed by atoms with E-state index in [0.717, 1.165) is 51.6 Å². The average Bonchev–Trinajstić information content (AvgIpc) is 2.49. The summed E-state index contributed by atoms with van der Waals surface area (Å²) in [5, 5.41) is 12.6. The molecule has 1 aliphatic heterocycles.